The number of pyridine rings is 1. The van der Waals surface area contributed by atoms with E-state index in [4.69, 9.17) is 34.6 Å². The summed E-state index contributed by atoms with van der Waals surface area (Å²) in [7, 11) is 3.19. The number of imide groups is 2. The van der Waals surface area contributed by atoms with Gasteiger partial charge >= 0.3 is 6.03 Å². The van der Waals surface area contributed by atoms with Gasteiger partial charge in [-0.2, -0.15) is 0 Å². The fourth-order valence-corrected chi connectivity index (χ4v) is 16.6. The highest BCUT2D eigenvalue weighted by molar-refractivity contribution is 8.08. The normalized spacial score (nSPS) is 17.2. The lowest BCUT2D eigenvalue weighted by Crippen LogP contribution is -2.59. The third-order valence-corrected chi connectivity index (χ3v) is 23.3. The summed E-state index contributed by atoms with van der Waals surface area (Å²) in [6, 6.07) is 37.8. The number of thioether (sulfide) groups is 2. The highest BCUT2D eigenvalue weighted by Gasteiger charge is 2.45. The quantitative estimate of drug-likeness (QED) is 0.0130. The largest absolute Gasteiger partial charge is 0.495 e. The van der Waals surface area contributed by atoms with Crippen molar-refractivity contribution in [2.45, 2.75) is 110 Å². The number of nitrogens with one attached hydrogen (secondary N) is 5. The number of rotatable bonds is 34. The number of benzene rings is 5. The molecule has 0 radical (unpaired) electrons. The summed E-state index contributed by atoms with van der Waals surface area (Å²) in [4.78, 5) is 144. The van der Waals surface area contributed by atoms with Gasteiger partial charge in [0.15, 0.2) is 5.60 Å². The van der Waals surface area contributed by atoms with Crippen LogP contribution in [0.15, 0.2) is 170 Å². The second kappa shape index (κ2) is 37.0. The molecule has 7 heterocycles. The Labute approximate surface area is 667 Å². The maximum absolute atomic E-state index is 14.2. The average molecular weight is 1590 g/mol. The van der Waals surface area contributed by atoms with Gasteiger partial charge in [-0.25, -0.2) is 19.7 Å². The fourth-order valence-electron chi connectivity index (χ4n) is 14.5. The van der Waals surface area contributed by atoms with Gasteiger partial charge in [-0.3, -0.25) is 48.2 Å². The number of aromatic nitrogens is 4. The molecule has 0 bridgehead atoms. The number of H-pyrrole nitrogens is 1. The number of urea groups is 1. The monoisotopic (exact) mass is 1590 g/mol. The summed E-state index contributed by atoms with van der Waals surface area (Å²) in [5.74, 6) is 2.14. The minimum atomic E-state index is -1.66. The summed E-state index contributed by atoms with van der Waals surface area (Å²) in [6.45, 7) is 3.83. The molecule has 1 aliphatic carbocycles. The number of aryl methyl sites for hydroxylation is 1. The third-order valence-electron chi connectivity index (χ3n) is 21.0. The van der Waals surface area contributed by atoms with Crippen molar-refractivity contribution in [3.8, 4) is 28.7 Å². The maximum Gasteiger partial charge on any atom is 0.332 e. The van der Waals surface area contributed by atoms with Gasteiger partial charge in [-0.1, -0.05) is 108 Å². The van der Waals surface area contributed by atoms with Gasteiger partial charge in [-0.05, 0) is 117 Å². The molecule has 9 N–H and O–H groups in total. The summed E-state index contributed by atoms with van der Waals surface area (Å²) in [5.41, 5.74) is 9.13. The SMILES string of the molecule is COc1ccc(C#CCNC2(C)CCN(C3CCN(c4nc([C@@](CO)(OC5CC5)c5ccccc5)c5cc(-c6cn(C)c(=O)c7[nH]ccc67)ccc5n4)CC3)CC2)cc1N1CCC(=O)N(CNC(=O)[C@H](CC(N)=O)NC(=O)[C@H](CO)NC(=O)CCOCCOCCN2C(=O)C(Sc3ccccc3)=C(Sc3ccccc3)C2=O)C1=O. The Kier molecular flexibility index (Phi) is 26.4. The molecule has 3 atom stereocenters. The van der Waals surface area contributed by atoms with E-state index in [0.29, 0.717) is 56.6 Å². The minimum Gasteiger partial charge on any atom is -0.495 e. The Morgan fingerprint density at radius 1 is 0.746 bits per heavy atom. The number of amides is 9. The van der Waals surface area contributed by atoms with E-state index in [9.17, 15) is 53.4 Å². The molecule has 13 rings (SSSR count). The van der Waals surface area contributed by atoms with Gasteiger partial charge in [0, 0.05) is 108 Å². The minimum absolute atomic E-state index is 0.0132. The number of nitrogens with zero attached hydrogens (tertiary/aromatic N) is 8. The molecule has 8 aromatic rings. The molecule has 5 aromatic carbocycles. The molecular formula is C83H92N14O15S2. The topological polar surface area (TPSA) is 368 Å². The molecule has 5 aliphatic rings. The second-order valence-electron chi connectivity index (χ2n) is 28.8. The molecule has 4 fully saturated rings. The number of piperidine rings is 2. The van der Waals surface area contributed by atoms with Crippen LogP contribution in [-0.2, 0) is 60.4 Å². The second-order valence-corrected chi connectivity index (χ2v) is 31.0. The van der Waals surface area contributed by atoms with Crippen LogP contribution < -0.4 is 47.1 Å². The van der Waals surface area contributed by atoms with Crippen molar-refractivity contribution >= 4 is 104 Å². The molecule has 114 heavy (non-hydrogen) atoms. The van der Waals surface area contributed by atoms with Gasteiger partial charge < -0.3 is 75.5 Å². The van der Waals surface area contributed by atoms with Gasteiger partial charge in [-0.15, -0.1) is 0 Å². The van der Waals surface area contributed by atoms with E-state index in [0.717, 1.165) is 117 Å². The molecule has 31 heteroatoms. The number of aromatic amines is 1. The molecule has 0 unspecified atom stereocenters. The number of fused-ring (bicyclic) bond motifs is 2. The zero-order valence-electron chi connectivity index (χ0n) is 63.6. The standard InChI is InChI=1S/C83H92N14O15S2/c1-82(32-39-93(40-33-82)56-28-36-94(37-29-56)80-90-63-25-22-54(62-49-92(2)77(105)71-60(62)27-35-85-71)47-61(63)74(91-80)83(51-99,112-57-23-24-57)55-15-7-4-8-16-55)87-34-13-14-53-21-26-67(109-3)66(46-53)95-38-30-70(102)97(81(95)108)52-86-75(103)64(48-68(84)100)89-76(104)65(50-98)88-69(101)31-42-110-44-45-111-43-41-96-78(106)72(113-58-17-9-5-10-18-58)73(79(96)107)114-59-19-11-6-12-20-59/h4-12,15-22,25-27,35,46-47,49,56-57,64-65,85,87,98-99H,23-24,28-34,36-45,48,50-52H2,1-3H3,(H2,84,100)(H,86,103)(H,88,101)(H,89,104)/t64-,65-,83-/m0/s1. The van der Waals surface area contributed by atoms with E-state index in [1.54, 1.807) is 36.0 Å². The molecule has 4 aliphatic heterocycles. The molecule has 3 saturated heterocycles. The van der Waals surface area contributed by atoms with Crippen LogP contribution in [0.2, 0.25) is 0 Å². The average Bonchev–Trinajstić information content (AvgIpc) is 1.17. The molecular weight excluding hydrogens is 1500 g/mol. The number of anilines is 2. The summed E-state index contributed by atoms with van der Waals surface area (Å²) in [6.07, 6.45) is 7.79. The first-order valence-electron chi connectivity index (χ1n) is 38.1. The summed E-state index contributed by atoms with van der Waals surface area (Å²) in [5, 5.41) is 34.2. The first-order valence-corrected chi connectivity index (χ1v) is 39.7. The van der Waals surface area contributed by atoms with Crippen LogP contribution in [0.25, 0.3) is 32.9 Å². The number of ether oxygens (including phenoxy) is 4. The molecule has 0 spiro atoms. The Hall–Kier alpha value is -10.8. The number of primary amides is 1. The van der Waals surface area contributed by atoms with Gasteiger partial charge in [0.25, 0.3) is 17.4 Å². The van der Waals surface area contributed by atoms with Crippen LogP contribution in [0, 0.1) is 11.8 Å². The van der Waals surface area contributed by atoms with Gasteiger partial charge in [0.1, 0.15) is 30.0 Å². The number of hydrogen-bond acceptors (Lipinski definition) is 22. The number of carbonyl (C=O) groups is 8. The Morgan fingerprint density at radius 2 is 1.42 bits per heavy atom. The predicted molar refractivity (Wildman–Crippen MR) is 429 cm³/mol. The van der Waals surface area contributed by atoms with Crippen molar-refractivity contribution in [2.24, 2.45) is 12.8 Å². The van der Waals surface area contributed by atoms with Crippen molar-refractivity contribution in [3.63, 3.8) is 0 Å². The van der Waals surface area contributed by atoms with E-state index in [1.165, 1.54) is 35.5 Å². The Bertz CT molecular complexity index is 4980. The van der Waals surface area contributed by atoms with E-state index in [-0.39, 0.29) is 76.2 Å². The number of methoxy groups -OCH3 is 1. The van der Waals surface area contributed by atoms with Crippen LogP contribution in [0.4, 0.5) is 16.4 Å². The van der Waals surface area contributed by atoms with Crippen molar-refractivity contribution in [3.05, 3.63) is 183 Å². The molecule has 596 valence electrons. The van der Waals surface area contributed by atoms with Crippen molar-refractivity contribution in [1.82, 2.24) is 55.5 Å². The third kappa shape index (κ3) is 19.0. The highest BCUT2D eigenvalue weighted by atomic mass is 32.2. The molecule has 29 nitrogen and oxygen atoms in total. The van der Waals surface area contributed by atoms with E-state index in [1.807, 2.05) is 115 Å². The number of carbonyl (C=O) groups excluding carboxylic acids is 8. The lowest BCUT2D eigenvalue weighted by atomic mass is 9.87. The van der Waals surface area contributed by atoms with E-state index >= 15 is 0 Å². The van der Waals surface area contributed by atoms with Crippen molar-refractivity contribution in [2.75, 3.05) is 109 Å². The van der Waals surface area contributed by atoms with Crippen molar-refractivity contribution in [1.29, 1.82) is 0 Å². The van der Waals surface area contributed by atoms with Crippen LogP contribution in [-0.4, -0.2) is 221 Å². The van der Waals surface area contributed by atoms with Gasteiger partial charge in [0.2, 0.25) is 35.5 Å². The Balaban J connectivity index is 0.557. The maximum atomic E-state index is 14.2. The molecule has 9 amide bonds. The van der Waals surface area contributed by atoms with Crippen molar-refractivity contribution < 1.29 is 67.5 Å². The Morgan fingerprint density at radius 3 is 2.07 bits per heavy atom. The summed E-state index contributed by atoms with van der Waals surface area (Å²) >= 11 is 2.45. The van der Waals surface area contributed by atoms with Crippen LogP contribution in [0.1, 0.15) is 81.5 Å². The number of aliphatic hydroxyl groups excluding tert-OH is 2. The predicted octanol–water partition coefficient (Wildman–Crippen LogP) is 6.02. The van der Waals surface area contributed by atoms with E-state index < -0.39 is 84.8 Å². The smallest absolute Gasteiger partial charge is 0.332 e. The first kappa shape index (κ1) is 81.2. The van der Waals surface area contributed by atoms with Crippen LogP contribution >= 0.6 is 23.5 Å². The lowest BCUT2D eigenvalue weighted by Gasteiger charge is -2.45. The summed E-state index contributed by atoms with van der Waals surface area (Å²) < 4.78 is 25.4. The number of hydrogen-bond donors (Lipinski definition) is 8. The molecule has 3 aromatic heterocycles. The fraction of sp³-hybridized carbons (Fsp3) is 0.386. The first-order chi connectivity index (χ1) is 55.2. The number of aliphatic hydroxyl groups is 2. The molecule has 1 saturated carbocycles. The zero-order chi connectivity index (χ0) is 80.0. The van der Waals surface area contributed by atoms with Gasteiger partial charge in [0.05, 0.1) is 99.1 Å². The number of nitrogens with two attached hydrogens (primary N) is 1. The van der Waals surface area contributed by atoms with E-state index in [2.05, 4.69) is 60.9 Å². The van der Waals surface area contributed by atoms with Crippen LogP contribution in [0.3, 0.4) is 0 Å². The number of likely N-dealkylation sites (tertiary alicyclic amines) is 1. The van der Waals surface area contributed by atoms with Crippen LogP contribution in [0.5, 0.6) is 5.75 Å². The zero-order valence-corrected chi connectivity index (χ0v) is 65.2. The lowest BCUT2D eigenvalue weighted by molar-refractivity contribution is -0.138. The highest BCUT2D eigenvalue weighted by Crippen LogP contribution is 2.45.